The summed E-state index contributed by atoms with van der Waals surface area (Å²) in [7, 11) is 0. The Morgan fingerprint density at radius 3 is 2.52 bits per heavy atom. The maximum absolute atomic E-state index is 13.5. The predicted molar refractivity (Wildman–Crippen MR) is 175 cm³/mol. The van der Waals surface area contributed by atoms with Gasteiger partial charge in [0.25, 0.3) is 5.91 Å². The number of hydrogen-bond donors (Lipinski definition) is 2. The molecule has 1 amide bonds. The first-order valence-corrected chi connectivity index (χ1v) is 15.9. The number of amides is 1. The van der Waals surface area contributed by atoms with Crippen LogP contribution in [0.3, 0.4) is 0 Å². The van der Waals surface area contributed by atoms with Gasteiger partial charge in [-0.1, -0.05) is 12.1 Å². The Kier molecular flexibility index (Phi) is 8.06. The van der Waals surface area contributed by atoms with Crippen LogP contribution >= 0.6 is 0 Å². The third kappa shape index (κ3) is 5.75. The molecule has 0 spiro atoms. The number of ether oxygens (including phenoxy) is 2. The van der Waals surface area contributed by atoms with Crippen LogP contribution in [0.4, 0.5) is 20.2 Å². The summed E-state index contributed by atoms with van der Waals surface area (Å²) in [6, 6.07) is 13.1. The van der Waals surface area contributed by atoms with Crippen molar-refractivity contribution in [3.8, 4) is 40.0 Å². The number of para-hydroxylation sites is 2. The van der Waals surface area contributed by atoms with Crippen LogP contribution in [0.1, 0.15) is 47.0 Å². The van der Waals surface area contributed by atoms with Crippen LogP contribution in [0.25, 0.3) is 28.5 Å². The van der Waals surface area contributed by atoms with E-state index in [4.69, 9.17) is 15.2 Å². The van der Waals surface area contributed by atoms with Gasteiger partial charge in [0.2, 0.25) is 0 Å². The zero-order chi connectivity index (χ0) is 34.2. The van der Waals surface area contributed by atoms with Gasteiger partial charge in [-0.05, 0) is 59.7 Å². The molecule has 50 heavy (non-hydrogen) atoms. The fraction of sp³-hybridized carbons (Fsp3) is 0.273. The molecule has 1 aliphatic carbocycles. The number of alkyl halides is 2. The summed E-state index contributed by atoms with van der Waals surface area (Å²) in [6.07, 6.45) is 9.18. The Hall–Kier alpha value is -6.26. The van der Waals surface area contributed by atoms with E-state index in [1.54, 1.807) is 47.4 Å². The van der Waals surface area contributed by atoms with Crippen LogP contribution in [0, 0.1) is 0 Å². The fourth-order valence-corrected chi connectivity index (χ4v) is 5.88. The van der Waals surface area contributed by atoms with Crippen LogP contribution < -0.4 is 20.5 Å². The number of nitrogens with two attached hydrogens (primary N) is 1. The minimum Gasteiger partial charge on any atom is -0.488 e. The minimum atomic E-state index is -0.679. The van der Waals surface area contributed by atoms with Gasteiger partial charge < -0.3 is 29.7 Å². The zero-order valence-electron chi connectivity index (χ0n) is 26.4. The lowest BCUT2D eigenvalue weighted by molar-refractivity contribution is 0.102. The van der Waals surface area contributed by atoms with E-state index in [-0.39, 0.29) is 18.9 Å². The summed E-state index contributed by atoms with van der Waals surface area (Å²) in [5.74, 6) is 2.06. The maximum Gasteiger partial charge on any atom is 0.274 e. The van der Waals surface area contributed by atoms with Crippen molar-refractivity contribution in [3.63, 3.8) is 0 Å². The van der Waals surface area contributed by atoms with Crippen LogP contribution in [-0.2, 0) is 0 Å². The third-order valence-corrected chi connectivity index (χ3v) is 8.66. The molecule has 4 aromatic heterocycles. The van der Waals surface area contributed by atoms with Crippen molar-refractivity contribution in [1.29, 1.82) is 0 Å². The number of nitrogen functional groups attached to an aromatic ring is 1. The number of aromatic nitrogens is 10. The molecule has 6 aromatic rings. The highest BCUT2D eigenvalue weighted by molar-refractivity contribution is 6.04. The normalized spacial score (nSPS) is 17.2. The molecular formula is C33H30F2N12O3. The lowest BCUT2D eigenvalue weighted by atomic mass is 10.1. The third-order valence-electron chi connectivity index (χ3n) is 8.66. The number of anilines is 2. The van der Waals surface area contributed by atoms with E-state index in [0.717, 1.165) is 16.9 Å². The van der Waals surface area contributed by atoms with E-state index < -0.39 is 31.3 Å². The van der Waals surface area contributed by atoms with Crippen molar-refractivity contribution in [2.45, 2.75) is 30.8 Å². The van der Waals surface area contributed by atoms with Gasteiger partial charge in [0.15, 0.2) is 23.1 Å². The Bertz CT molecular complexity index is 2180. The first kappa shape index (κ1) is 31.0. The second-order valence-electron chi connectivity index (χ2n) is 12.0. The first-order valence-electron chi connectivity index (χ1n) is 15.9. The van der Waals surface area contributed by atoms with Crippen molar-refractivity contribution in [1.82, 2.24) is 49.5 Å². The number of benzene rings is 2. The zero-order valence-corrected chi connectivity index (χ0v) is 26.4. The number of hydrogen-bond acceptors (Lipinski definition) is 11. The number of imidazole rings is 1. The van der Waals surface area contributed by atoms with Crippen molar-refractivity contribution in [2.75, 3.05) is 37.6 Å². The predicted octanol–water partition coefficient (Wildman–Crippen LogP) is 4.38. The number of carbonyl (C=O) groups excluding carboxylic acids is 1. The lowest BCUT2D eigenvalue weighted by Gasteiger charge is -2.14. The molecule has 1 saturated carbocycles. The molecule has 3 aliphatic rings. The highest BCUT2D eigenvalue weighted by Gasteiger charge is 2.29. The van der Waals surface area contributed by atoms with Gasteiger partial charge in [-0.25, -0.2) is 18.4 Å². The number of halogens is 2. The quantitative estimate of drug-likeness (QED) is 0.239. The van der Waals surface area contributed by atoms with Gasteiger partial charge in [-0.3, -0.25) is 9.78 Å². The van der Waals surface area contributed by atoms with Crippen LogP contribution in [0.15, 0.2) is 73.6 Å². The number of carbonyl (C=O) groups is 1. The fourth-order valence-electron chi connectivity index (χ4n) is 5.88. The van der Waals surface area contributed by atoms with Crippen molar-refractivity contribution >= 4 is 17.3 Å². The number of tetrazole rings is 1. The monoisotopic (exact) mass is 680 g/mol. The molecule has 2 aliphatic heterocycles. The molecule has 254 valence electrons. The number of nitrogens with zero attached hydrogens (tertiary/aromatic N) is 10. The van der Waals surface area contributed by atoms with Crippen molar-refractivity contribution < 1.29 is 23.0 Å². The summed E-state index contributed by atoms with van der Waals surface area (Å²) < 4.78 is 42.9. The van der Waals surface area contributed by atoms with E-state index >= 15 is 0 Å². The van der Waals surface area contributed by atoms with E-state index in [9.17, 15) is 13.6 Å². The van der Waals surface area contributed by atoms with Crippen molar-refractivity contribution in [3.05, 3.63) is 85.0 Å². The minimum absolute atomic E-state index is 0.0338. The summed E-state index contributed by atoms with van der Waals surface area (Å²) in [4.78, 5) is 21.7. The Labute approximate surface area is 283 Å². The van der Waals surface area contributed by atoms with Crippen LogP contribution in [0.2, 0.25) is 0 Å². The second kappa shape index (κ2) is 13.0. The number of nitrogens with one attached hydrogen (secondary N) is 1. The highest BCUT2D eigenvalue weighted by Crippen LogP contribution is 2.41. The van der Waals surface area contributed by atoms with Gasteiger partial charge in [0.1, 0.15) is 44.6 Å². The molecule has 0 bridgehead atoms. The van der Waals surface area contributed by atoms with Gasteiger partial charge in [-0.2, -0.15) is 0 Å². The molecule has 9 rings (SSSR count). The summed E-state index contributed by atoms with van der Waals surface area (Å²) in [5.41, 5.74) is 10.2. The summed E-state index contributed by atoms with van der Waals surface area (Å²) in [5, 5.41) is 22.3. The molecule has 0 saturated heterocycles. The highest BCUT2D eigenvalue weighted by atomic mass is 19.1. The molecule has 0 radical (unpaired) electrons. The summed E-state index contributed by atoms with van der Waals surface area (Å²) in [6.45, 7) is -0.949. The van der Waals surface area contributed by atoms with Crippen LogP contribution in [0.5, 0.6) is 11.5 Å². The average Bonchev–Trinajstić information content (AvgIpc) is 3.50. The summed E-state index contributed by atoms with van der Waals surface area (Å²) >= 11 is 0. The number of pyridine rings is 1. The van der Waals surface area contributed by atoms with Crippen molar-refractivity contribution in [2.24, 2.45) is 0 Å². The molecule has 15 nitrogen and oxygen atoms in total. The molecule has 17 heteroatoms. The molecule has 2 atom stereocenters. The molecule has 1 fully saturated rings. The van der Waals surface area contributed by atoms with E-state index in [1.165, 1.54) is 23.9 Å². The first-order chi connectivity index (χ1) is 24.5. The number of fused-ring (bicyclic) bond motifs is 6. The Balaban J connectivity index is 0.000000178. The average molecular weight is 681 g/mol. The lowest BCUT2D eigenvalue weighted by Crippen LogP contribution is -2.19. The largest absolute Gasteiger partial charge is 0.488 e. The van der Waals surface area contributed by atoms with E-state index in [2.05, 4.69) is 41.0 Å². The molecule has 0 unspecified atom stereocenters. The Morgan fingerprint density at radius 2 is 1.70 bits per heavy atom. The second-order valence-corrected chi connectivity index (χ2v) is 12.0. The smallest absolute Gasteiger partial charge is 0.274 e. The SMILES string of the molecule is Nc1cccc2c1OC[C@@H](CF)n1cnnc1-2.O=C(Nc1cccc2c1OC[C@@H](CF)n1nnnc1-2)c1cc(-n2cnc(C3CC3)c2)ccn1. The molecular weight excluding hydrogens is 650 g/mol. The van der Waals surface area contributed by atoms with Gasteiger partial charge in [0.05, 0.1) is 46.3 Å². The van der Waals surface area contributed by atoms with Gasteiger partial charge >= 0.3 is 0 Å². The van der Waals surface area contributed by atoms with Gasteiger partial charge in [0, 0.05) is 18.3 Å². The maximum atomic E-state index is 13.5. The molecule has 6 heterocycles. The topological polar surface area (TPSA) is 179 Å². The molecule has 2 aromatic carbocycles. The standard InChI is InChI=1S/C22H19FN8O2.C11H11FN4O/c23-9-15-11-33-20-16(21-27-28-29-31(15)21)2-1-3-17(20)26-22(32)18-8-14(6-7-24-18)30-10-19(25-12-30)13-4-5-13;12-4-7-5-17-10-8(2-1-3-9(10)13)11-15-14-6-16(7)11/h1-3,6-8,10,12-13,15H,4-5,9,11H2,(H,26,32);1-3,6-7H,4-5,13H2/t15-;7-/m11/s1. The Morgan fingerprint density at radius 1 is 0.920 bits per heavy atom. The van der Waals surface area contributed by atoms with E-state index in [1.807, 2.05) is 29.0 Å². The number of rotatable bonds is 6. The van der Waals surface area contributed by atoms with Crippen LogP contribution in [-0.4, -0.2) is 82.0 Å². The molecule has 3 N–H and O–H groups in total. The van der Waals surface area contributed by atoms with E-state index in [0.29, 0.717) is 46.0 Å². The van der Waals surface area contributed by atoms with Gasteiger partial charge in [-0.15, -0.1) is 15.3 Å².